The molecule has 1 atom stereocenters. The summed E-state index contributed by atoms with van der Waals surface area (Å²) in [5.41, 5.74) is 3.57. The lowest BCUT2D eigenvalue weighted by Gasteiger charge is -2.30. The minimum Gasteiger partial charge on any atom is -0.335 e. The Balaban J connectivity index is 1.42. The van der Waals surface area contributed by atoms with Crippen LogP contribution in [0.2, 0.25) is 0 Å². The summed E-state index contributed by atoms with van der Waals surface area (Å²) >= 11 is 1.71. The molecule has 2 aliphatic rings. The average Bonchev–Trinajstić information content (AvgIpc) is 3.25. The van der Waals surface area contributed by atoms with Gasteiger partial charge >= 0.3 is 0 Å². The second kappa shape index (κ2) is 6.37. The van der Waals surface area contributed by atoms with Crippen LogP contribution in [0.1, 0.15) is 35.7 Å². The third-order valence-corrected chi connectivity index (χ3v) is 5.51. The molecule has 1 amide bonds. The monoisotopic (exact) mass is 328 g/mol. The van der Waals surface area contributed by atoms with Gasteiger partial charge in [-0.05, 0) is 47.2 Å². The molecule has 120 valence electrons. The van der Waals surface area contributed by atoms with Crippen molar-refractivity contribution in [2.75, 3.05) is 19.6 Å². The number of likely N-dealkylation sites (tertiary alicyclic amines) is 1. The van der Waals surface area contributed by atoms with Gasteiger partial charge < -0.3 is 4.90 Å². The fourth-order valence-corrected chi connectivity index (χ4v) is 4.30. The maximum absolute atomic E-state index is 12.8. The maximum atomic E-state index is 12.8. The molecule has 1 saturated heterocycles. The molecule has 0 saturated carbocycles. The van der Waals surface area contributed by atoms with Crippen LogP contribution in [0.4, 0.5) is 0 Å². The van der Waals surface area contributed by atoms with Gasteiger partial charge in [0.15, 0.2) is 0 Å². The molecule has 4 rings (SSSR count). The van der Waals surface area contributed by atoms with E-state index in [1.54, 1.807) is 17.7 Å². The highest BCUT2D eigenvalue weighted by Crippen LogP contribution is 2.33. The molecule has 4 heterocycles. The summed E-state index contributed by atoms with van der Waals surface area (Å²) < 4.78 is 0. The summed E-state index contributed by atoms with van der Waals surface area (Å²) in [6, 6.07) is 2.42. The molecular formula is C17H20N4OS. The molecule has 6 heteroatoms. The topological polar surface area (TPSA) is 49.3 Å². The number of thiophene rings is 1. The van der Waals surface area contributed by atoms with Gasteiger partial charge in [0.25, 0.3) is 0 Å². The Morgan fingerprint density at radius 2 is 2.35 bits per heavy atom. The highest BCUT2D eigenvalue weighted by atomic mass is 32.1. The standard InChI is InChI=1S/C17H20N4OS/c22-17(21-5-1-2-16(21)14-4-7-23-11-14)10-20-6-3-13-8-18-12-19-15(13)9-20/h4,7-8,11-12,16H,1-3,5-6,9-10H2/t16-/m0/s1. The predicted octanol–water partition coefficient (Wildman–Crippen LogP) is 2.26. The third kappa shape index (κ3) is 3.01. The van der Waals surface area contributed by atoms with Gasteiger partial charge in [0, 0.05) is 25.8 Å². The first-order valence-electron chi connectivity index (χ1n) is 8.13. The molecular weight excluding hydrogens is 308 g/mol. The Hall–Kier alpha value is -1.79. The number of nitrogens with zero attached hydrogens (tertiary/aromatic N) is 4. The van der Waals surface area contributed by atoms with Crippen molar-refractivity contribution < 1.29 is 4.79 Å². The fraction of sp³-hybridized carbons (Fsp3) is 0.471. The van der Waals surface area contributed by atoms with Gasteiger partial charge in [-0.15, -0.1) is 0 Å². The normalized spacial score (nSPS) is 21.4. The number of hydrogen-bond donors (Lipinski definition) is 0. The van der Waals surface area contributed by atoms with Crippen LogP contribution >= 0.6 is 11.3 Å². The molecule has 5 nitrogen and oxygen atoms in total. The first kappa shape index (κ1) is 14.8. The van der Waals surface area contributed by atoms with E-state index >= 15 is 0 Å². The van der Waals surface area contributed by atoms with Crippen LogP contribution in [0, 0.1) is 0 Å². The number of carbonyl (C=O) groups excluding carboxylic acids is 1. The molecule has 2 aromatic rings. The van der Waals surface area contributed by atoms with E-state index in [2.05, 4.69) is 36.6 Å². The maximum Gasteiger partial charge on any atom is 0.237 e. The van der Waals surface area contributed by atoms with Crippen LogP contribution in [-0.4, -0.2) is 45.3 Å². The van der Waals surface area contributed by atoms with E-state index in [1.165, 1.54) is 11.1 Å². The van der Waals surface area contributed by atoms with E-state index in [4.69, 9.17) is 0 Å². The minimum atomic E-state index is 0.246. The Bertz CT molecular complexity index is 688. The van der Waals surface area contributed by atoms with Crippen molar-refractivity contribution in [1.82, 2.24) is 19.8 Å². The van der Waals surface area contributed by atoms with Crippen LogP contribution in [0.15, 0.2) is 29.4 Å². The van der Waals surface area contributed by atoms with Crippen molar-refractivity contribution in [2.45, 2.75) is 31.8 Å². The molecule has 23 heavy (non-hydrogen) atoms. The molecule has 0 aromatic carbocycles. The number of amides is 1. The SMILES string of the molecule is O=C(CN1CCc2cncnc2C1)N1CCC[C@H]1c1ccsc1. The second-order valence-electron chi connectivity index (χ2n) is 6.26. The fourth-order valence-electron chi connectivity index (χ4n) is 3.60. The van der Waals surface area contributed by atoms with Gasteiger partial charge in [-0.2, -0.15) is 11.3 Å². The summed E-state index contributed by atoms with van der Waals surface area (Å²) in [6.07, 6.45) is 6.60. The van der Waals surface area contributed by atoms with Crippen molar-refractivity contribution in [3.8, 4) is 0 Å². The van der Waals surface area contributed by atoms with Crippen LogP contribution < -0.4 is 0 Å². The van der Waals surface area contributed by atoms with Gasteiger partial charge in [0.2, 0.25) is 5.91 Å². The van der Waals surface area contributed by atoms with E-state index in [0.717, 1.165) is 44.6 Å². The van der Waals surface area contributed by atoms with Gasteiger partial charge in [-0.1, -0.05) is 0 Å². The zero-order chi connectivity index (χ0) is 15.6. The zero-order valence-corrected chi connectivity index (χ0v) is 13.8. The summed E-state index contributed by atoms with van der Waals surface area (Å²) in [5.74, 6) is 0.246. The Kier molecular flexibility index (Phi) is 4.10. The molecule has 0 spiro atoms. The van der Waals surface area contributed by atoms with Gasteiger partial charge in [-0.3, -0.25) is 9.69 Å². The van der Waals surface area contributed by atoms with Crippen LogP contribution in [0.3, 0.4) is 0 Å². The summed E-state index contributed by atoms with van der Waals surface area (Å²) in [6.45, 7) is 3.03. The van der Waals surface area contributed by atoms with Gasteiger partial charge in [-0.25, -0.2) is 9.97 Å². The Morgan fingerprint density at radius 3 is 3.22 bits per heavy atom. The summed E-state index contributed by atoms with van der Waals surface area (Å²) in [4.78, 5) is 25.5. The third-order valence-electron chi connectivity index (χ3n) is 4.81. The first-order chi connectivity index (χ1) is 11.3. The minimum absolute atomic E-state index is 0.246. The molecule has 1 fully saturated rings. The first-order valence-corrected chi connectivity index (χ1v) is 9.07. The molecule has 0 bridgehead atoms. The lowest BCUT2D eigenvalue weighted by atomic mass is 10.1. The van der Waals surface area contributed by atoms with Crippen LogP contribution in [0.5, 0.6) is 0 Å². The number of carbonyl (C=O) groups is 1. The van der Waals surface area contributed by atoms with Crippen molar-refractivity contribution in [2.24, 2.45) is 0 Å². The Labute approximate surface area is 140 Å². The average molecular weight is 328 g/mol. The van der Waals surface area contributed by atoms with Crippen molar-refractivity contribution in [3.05, 3.63) is 46.2 Å². The van der Waals surface area contributed by atoms with Gasteiger partial charge in [0.05, 0.1) is 18.3 Å². The number of hydrogen-bond acceptors (Lipinski definition) is 5. The largest absolute Gasteiger partial charge is 0.335 e. The summed E-state index contributed by atoms with van der Waals surface area (Å²) in [5, 5.41) is 4.27. The molecule has 2 aromatic heterocycles. The van der Waals surface area contributed by atoms with E-state index in [9.17, 15) is 4.79 Å². The van der Waals surface area contributed by atoms with Crippen molar-refractivity contribution in [1.29, 1.82) is 0 Å². The van der Waals surface area contributed by atoms with Crippen LogP contribution in [0.25, 0.3) is 0 Å². The molecule has 2 aliphatic heterocycles. The molecule has 0 N–H and O–H groups in total. The number of fused-ring (bicyclic) bond motifs is 1. The highest BCUT2D eigenvalue weighted by Gasteiger charge is 2.31. The lowest BCUT2D eigenvalue weighted by molar-refractivity contribution is -0.133. The zero-order valence-electron chi connectivity index (χ0n) is 13.0. The van der Waals surface area contributed by atoms with E-state index < -0.39 is 0 Å². The molecule has 0 aliphatic carbocycles. The molecule has 0 radical (unpaired) electrons. The van der Waals surface area contributed by atoms with Crippen molar-refractivity contribution >= 4 is 17.2 Å². The smallest absolute Gasteiger partial charge is 0.237 e. The Morgan fingerprint density at radius 1 is 1.39 bits per heavy atom. The summed E-state index contributed by atoms with van der Waals surface area (Å²) in [7, 11) is 0. The van der Waals surface area contributed by atoms with Crippen LogP contribution in [-0.2, 0) is 17.8 Å². The quantitative estimate of drug-likeness (QED) is 0.867. The highest BCUT2D eigenvalue weighted by molar-refractivity contribution is 7.07. The number of rotatable bonds is 3. The van der Waals surface area contributed by atoms with Gasteiger partial charge in [0.1, 0.15) is 6.33 Å². The van der Waals surface area contributed by atoms with Crippen molar-refractivity contribution in [3.63, 3.8) is 0 Å². The molecule has 0 unspecified atom stereocenters. The lowest BCUT2D eigenvalue weighted by Crippen LogP contribution is -2.42. The predicted molar refractivity (Wildman–Crippen MR) is 89.0 cm³/mol. The van der Waals surface area contributed by atoms with E-state index in [-0.39, 0.29) is 11.9 Å². The second-order valence-corrected chi connectivity index (χ2v) is 7.04. The van der Waals surface area contributed by atoms with E-state index in [0.29, 0.717) is 6.54 Å². The number of aromatic nitrogens is 2. The van der Waals surface area contributed by atoms with E-state index in [1.807, 2.05) is 6.20 Å².